The third-order valence-corrected chi connectivity index (χ3v) is 2.01. The fraction of sp³-hybridized carbons (Fsp3) is 0.333. The van der Waals surface area contributed by atoms with Crippen LogP contribution < -0.4 is 5.73 Å². The molecule has 0 bridgehead atoms. The quantitative estimate of drug-likeness (QED) is 0.496. The van der Waals surface area contributed by atoms with E-state index in [1.54, 1.807) is 0 Å². The van der Waals surface area contributed by atoms with Crippen LogP contribution in [0.25, 0.3) is 0 Å². The first-order valence-electron chi connectivity index (χ1n) is 5.49. The lowest BCUT2D eigenvalue weighted by Gasteiger charge is -2.06. The highest BCUT2D eigenvalue weighted by Crippen LogP contribution is 2.12. The Morgan fingerprint density at radius 3 is 2.56 bits per heavy atom. The molecule has 1 rings (SSSR count). The van der Waals surface area contributed by atoms with Gasteiger partial charge in [-0.2, -0.15) is 0 Å². The largest absolute Gasteiger partial charge is 0.396 e. The number of hydrogen-bond donors (Lipinski definition) is 1. The van der Waals surface area contributed by atoms with Crippen LogP contribution in [0.15, 0.2) is 28.2 Å². The van der Waals surface area contributed by atoms with Crippen molar-refractivity contribution in [3.63, 3.8) is 0 Å². The molecular formula is C12H14BF2N3. The van der Waals surface area contributed by atoms with Crippen molar-refractivity contribution in [1.82, 2.24) is 0 Å². The lowest BCUT2D eigenvalue weighted by Crippen LogP contribution is -2.15. The molecule has 0 fully saturated rings. The number of nitrogens with two attached hydrogens (primary N) is 1. The van der Waals surface area contributed by atoms with Crippen molar-refractivity contribution in [3.05, 3.63) is 35.4 Å². The van der Waals surface area contributed by atoms with Crippen LogP contribution >= 0.6 is 0 Å². The predicted molar refractivity (Wildman–Crippen MR) is 70.0 cm³/mol. The van der Waals surface area contributed by atoms with Gasteiger partial charge in [-0.3, -0.25) is 4.99 Å². The van der Waals surface area contributed by atoms with Crippen LogP contribution in [-0.2, 0) is 0 Å². The fourth-order valence-corrected chi connectivity index (χ4v) is 1.24. The zero-order valence-electron chi connectivity index (χ0n) is 10.3. The number of nitrogens with zero attached hydrogens (tertiary/aromatic N) is 2. The highest BCUT2D eigenvalue weighted by atomic mass is 19.1. The Bertz CT molecular complexity index is 480. The summed E-state index contributed by atoms with van der Waals surface area (Å²) in [4.78, 5) is 7.90. The second kappa shape index (κ2) is 6.28. The van der Waals surface area contributed by atoms with Crippen LogP contribution in [0, 0.1) is 17.6 Å². The molecule has 94 valence electrons. The maximum absolute atomic E-state index is 13.6. The number of amidine groups is 2. The number of benzene rings is 1. The number of hydrogen-bond acceptors (Lipinski definition) is 1. The SMILES string of the molecule is [B]C(N)=NC(=NCC(C)C)c1ccc(F)cc1F. The molecule has 0 saturated heterocycles. The summed E-state index contributed by atoms with van der Waals surface area (Å²) in [6.45, 7) is 4.36. The lowest BCUT2D eigenvalue weighted by molar-refractivity contribution is 0.581. The molecule has 0 heterocycles. The maximum Gasteiger partial charge on any atom is 0.166 e. The van der Waals surface area contributed by atoms with E-state index in [1.807, 2.05) is 13.8 Å². The van der Waals surface area contributed by atoms with E-state index in [1.165, 1.54) is 6.07 Å². The van der Waals surface area contributed by atoms with Gasteiger partial charge in [0.25, 0.3) is 0 Å². The van der Waals surface area contributed by atoms with Crippen molar-refractivity contribution in [1.29, 1.82) is 0 Å². The summed E-state index contributed by atoms with van der Waals surface area (Å²) in [7, 11) is 5.27. The third-order valence-electron chi connectivity index (χ3n) is 2.01. The Hall–Kier alpha value is -1.72. The first-order chi connectivity index (χ1) is 8.40. The van der Waals surface area contributed by atoms with Gasteiger partial charge in [-0.05, 0) is 18.1 Å². The first-order valence-corrected chi connectivity index (χ1v) is 5.49. The molecule has 6 heteroatoms. The molecular weight excluding hydrogens is 235 g/mol. The average Bonchev–Trinajstić information content (AvgIpc) is 2.24. The van der Waals surface area contributed by atoms with Crippen molar-refractivity contribution >= 4 is 19.4 Å². The zero-order valence-corrected chi connectivity index (χ0v) is 10.3. The van der Waals surface area contributed by atoms with Crippen LogP contribution in [-0.4, -0.2) is 26.0 Å². The van der Waals surface area contributed by atoms with Crippen molar-refractivity contribution in [2.75, 3.05) is 6.54 Å². The molecule has 2 N–H and O–H groups in total. The summed E-state index contributed by atoms with van der Waals surface area (Å²) in [5.41, 5.74) is 5.12. The van der Waals surface area contributed by atoms with Crippen molar-refractivity contribution < 1.29 is 8.78 Å². The Kier molecular flexibility index (Phi) is 5.01. The second-order valence-electron chi connectivity index (χ2n) is 4.22. The number of aliphatic imine (C=N–C) groups is 2. The van der Waals surface area contributed by atoms with E-state index in [0.717, 1.165) is 12.1 Å². The van der Waals surface area contributed by atoms with Gasteiger partial charge in [0.05, 0.1) is 5.56 Å². The summed E-state index contributed by atoms with van der Waals surface area (Å²) < 4.78 is 26.4. The Morgan fingerprint density at radius 1 is 1.39 bits per heavy atom. The van der Waals surface area contributed by atoms with E-state index in [4.69, 9.17) is 13.6 Å². The second-order valence-corrected chi connectivity index (χ2v) is 4.22. The van der Waals surface area contributed by atoms with E-state index >= 15 is 0 Å². The summed E-state index contributed by atoms with van der Waals surface area (Å²) >= 11 is 0. The molecule has 0 spiro atoms. The minimum atomic E-state index is -0.748. The summed E-state index contributed by atoms with van der Waals surface area (Å²) in [5, 5.41) is 0. The van der Waals surface area contributed by atoms with Gasteiger partial charge in [-0.25, -0.2) is 13.8 Å². The fourth-order valence-electron chi connectivity index (χ4n) is 1.24. The van der Waals surface area contributed by atoms with Gasteiger partial charge in [0.2, 0.25) is 0 Å². The van der Waals surface area contributed by atoms with Crippen molar-refractivity contribution in [3.8, 4) is 0 Å². The minimum Gasteiger partial charge on any atom is -0.396 e. The molecule has 1 aromatic rings. The van der Waals surface area contributed by atoms with Gasteiger partial charge >= 0.3 is 0 Å². The molecule has 0 aliphatic heterocycles. The van der Waals surface area contributed by atoms with Crippen LogP contribution in [0.1, 0.15) is 19.4 Å². The lowest BCUT2D eigenvalue weighted by atomic mass is 10.1. The summed E-state index contributed by atoms with van der Waals surface area (Å²) in [6.07, 6.45) is 0. The monoisotopic (exact) mass is 249 g/mol. The Morgan fingerprint density at radius 2 is 2.06 bits per heavy atom. The van der Waals surface area contributed by atoms with Crippen LogP contribution in [0.2, 0.25) is 0 Å². The normalized spacial score (nSPS) is 13.2. The van der Waals surface area contributed by atoms with E-state index in [2.05, 4.69) is 9.98 Å². The smallest absolute Gasteiger partial charge is 0.166 e. The average molecular weight is 249 g/mol. The van der Waals surface area contributed by atoms with Crippen LogP contribution in [0.3, 0.4) is 0 Å². The number of halogens is 2. The summed E-state index contributed by atoms with van der Waals surface area (Å²) in [6, 6.07) is 3.16. The van der Waals surface area contributed by atoms with Crippen LogP contribution in [0.5, 0.6) is 0 Å². The highest BCUT2D eigenvalue weighted by molar-refractivity contribution is 6.59. The molecule has 3 nitrogen and oxygen atoms in total. The van der Waals surface area contributed by atoms with Gasteiger partial charge in [0.15, 0.2) is 13.7 Å². The minimum absolute atomic E-state index is 0.0706. The topological polar surface area (TPSA) is 50.7 Å². The Balaban J connectivity index is 3.17. The molecule has 0 aromatic heterocycles. The van der Waals surface area contributed by atoms with Gasteiger partial charge in [0.1, 0.15) is 11.6 Å². The zero-order chi connectivity index (χ0) is 13.7. The standard InChI is InChI=1S/C12H14BF2N3/c1-7(2)6-17-11(18-12(13)16)9-4-3-8(14)5-10(9)15/h3-5,7H,6H2,1-2H3,(H2,16,17,18). The van der Waals surface area contributed by atoms with E-state index in [9.17, 15) is 8.78 Å². The highest BCUT2D eigenvalue weighted by Gasteiger charge is 2.10. The molecule has 0 amide bonds. The molecule has 2 radical (unpaired) electrons. The Labute approximate surface area is 106 Å². The van der Waals surface area contributed by atoms with Gasteiger partial charge in [0, 0.05) is 18.3 Å². The van der Waals surface area contributed by atoms with E-state index in [-0.39, 0.29) is 23.1 Å². The molecule has 0 saturated carbocycles. The first kappa shape index (κ1) is 14.3. The number of rotatable bonds is 3. The molecule has 18 heavy (non-hydrogen) atoms. The van der Waals surface area contributed by atoms with Crippen molar-refractivity contribution in [2.24, 2.45) is 21.6 Å². The molecule has 0 aliphatic rings. The van der Waals surface area contributed by atoms with Gasteiger partial charge < -0.3 is 5.73 Å². The van der Waals surface area contributed by atoms with E-state index < -0.39 is 11.6 Å². The molecule has 0 atom stereocenters. The van der Waals surface area contributed by atoms with Crippen LogP contribution in [0.4, 0.5) is 8.78 Å². The van der Waals surface area contributed by atoms with Gasteiger partial charge in [-0.15, -0.1) is 0 Å². The maximum atomic E-state index is 13.6. The van der Waals surface area contributed by atoms with Gasteiger partial charge in [-0.1, -0.05) is 13.8 Å². The molecule has 0 unspecified atom stereocenters. The van der Waals surface area contributed by atoms with E-state index in [0.29, 0.717) is 6.54 Å². The van der Waals surface area contributed by atoms with Crippen molar-refractivity contribution in [2.45, 2.75) is 13.8 Å². The summed E-state index contributed by atoms with van der Waals surface area (Å²) in [5.74, 6) is -1.06. The third kappa shape index (κ3) is 4.27. The molecule has 0 aliphatic carbocycles. The predicted octanol–water partition coefficient (Wildman–Crippen LogP) is 1.85. The molecule has 1 aromatic carbocycles.